The topological polar surface area (TPSA) is 52.7 Å². The molecule has 1 N–H and O–H groups in total. The third-order valence-electron chi connectivity index (χ3n) is 4.77. The van der Waals surface area contributed by atoms with Gasteiger partial charge in [-0.05, 0) is 18.4 Å². The van der Waals surface area contributed by atoms with Gasteiger partial charge in [0.2, 0.25) is 11.8 Å². The van der Waals surface area contributed by atoms with E-state index in [1.54, 1.807) is 0 Å². The van der Waals surface area contributed by atoms with E-state index < -0.39 is 0 Å². The normalized spacial score (nSPS) is 23.0. The standard InChI is InChI=1S/C18H25N3O2/c22-17-14-16(15-6-2-1-3-7-15)20(13-9-19-17)11-5-12-21-10-4-8-18(21)23/h1-3,6-7,16H,4-5,8-14H2,(H,19,22)/t16-/m1/s1. The van der Waals surface area contributed by atoms with Gasteiger partial charge < -0.3 is 10.2 Å². The fourth-order valence-corrected chi connectivity index (χ4v) is 3.55. The number of benzene rings is 1. The van der Waals surface area contributed by atoms with Crippen LogP contribution in [-0.2, 0) is 9.59 Å². The molecule has 2 aliphatic rings. The molecule has 3 rings (SSSR count). The van der Waals surface area contributed by atoms with Crippen molar-refractivity contribution in [3.63, 3.8) is 0 Å². The summed E-state index contributed by atoms with van der Waals surface area (Å²) in [5, 5.41) is 2.97. The molecule has 1 atom stereocenters. The summed E-state index contributed by atoms with van der Waals surface area (Å²) in [7, 11) is 0. The van der Waals surface area contributed by atoms with E-state index in [4.69, 9.17) is 0 Å². The summed E-state index contributed by atoms with van der Waals surface area (Å²) in [6.07, 6.45) is 3.16. The van der Waals surface area contributed by atoms with E-state index in [1.165, 1.54) is 5.56 Å². The van der Waals surface area contributed by atoms with Crippen LogP contribution in [0.1, 0.15) is 37.3 Å². The van der Waals surface area contributed by atoms with Crippen LogP contribution in [0.15, 0.2) is 30.3 Å². The van der Waals surface area contributed by atoms with Crippen molar-refractivity contribution >= 4 is 11.8 Å². The second-order valence-electron chi connectivity index (χ2n) is 6.35. The van der Waals surface area contributed by atoms with E-state index >= 15 is 0 Å². The minimum atomic E-state index is 0.121. The number of carbonyl (C=O) groups is 2. The van der Waals surface area contributed by atoms with Crippen LogP contribution < -0.4 is 5.32 Å². The smallest absolute Gasteiger partial charge is 0.222 e. The first-order chi connectivity index (χ1) is 11.2. The van der Waals surface area contributed by atoms with Gasteiger partial charge >= 0.3 is 0 Å². The maximum Gasteiger partial charge on any atom is 0.222 e. The van der Waals surface area contributed by atoms with Crippen molar-refractivity contribution in [3.05, 3.63) is 35.9 Å². The first-order valence-corrected chi connectivity index (χ1v) is 8.57. The van der Waals surface area contributed by atoms with Crippen LogP contribution in [0, 0.1) is 0 Å². The predicted octanol–water partition coefficient (Wildman–Crippen LogP) is 1.56. The summed E-state index contributed by atoms with van der Waals surface area (Å²) in [6, 6.07) is 10.4. The number of nitrogens with zero attached hydrogens (tertiary/aromatic N) is 2. The largest absolute Gasteiger partial charge is 0.355 e. The second-order valence-corrected chi connectivity index (χ2v) is 6.35. The Bertz CT molecular complexity index is 546. The molecule has 0 aliphatic carbocycles. The van der Waals surface area contributed by atoms with Crippen LogP contribution in [0.3, 0.4) is 0 Å². The second kappa shape index (κ2) is 7.59. The Kier molecular flexibility index (Phi) is 5.28. The Morgan fingerprint density at radius 3 is 2.65 bits per heavy atom. The van der Waals surface area contributed by atoms with E-state index in [-0.39, 0.29) is 17.9 Å². The molecular weight excluding hydrogens is 290 g/mol. The van der Waals surface area contributed by atoms with Crippen LogP contribution >= 0.6 is 0 Å². The van der Waals surface area contributed by atoms with Crippen LogP contribution in [0.4, 0.5) is 0 Å². The van der Waals surface area contributed by atoms with Crippen molar-refractivity contribution in [3.8, 4) is 0 Å². The number of hydrogen-bond donors (Lipinski definition) is 1. The van der Waals surface area contributed by atoms with Gasteiger partial charge in [0.1, 0.15) is 0 Å². The zero-order chi connectivity index (χ0) is 16.1. The molecule has 2 heterocycles. The molecule has 23 heavy (non-hydrogen) atoms. The van der Waals surface area contributed by atoms with Gasteiger partial charge in [-0.15, -0.1) is 0 Å². The van der Waals surface area contributed by atoms with Crippen molar-refractivity contribution in [1.82, 2.24) is 15.1 Å². The molecule has 1 aromatic carbocycles. The van der Waals surface area contributed by atoms with Crippen LogP contribution in [0.5, 0.6) is 0 Å². The lowest BCUT2D eigenvalue weighted by molar-refractivity contribution is -0.127. The molecule has 5 nitrogen and oxygen atoms in total. The third kappa shape index (κ3) is 4.10. The highest BCUT2D eigenvalue weighted by molar-refractivity contribution is 5.78. The Morgan fingerprint density at radius 1 is 1.09 bits per heavy atom. The molecule has 0 radical (unpaired) electrons. The molecule has 0 bridgehead atoms. The van der Waals surface area contributed by atoms with Gasteiger partial charge in [0.05, 0.1) is 0 Å². The summed E-state index contributed by atoms with van der Waals surface area (Å²) in [4.78, 5) is 28.0. The molecule has 124 valence electrons. The minimum Gasteiger partial charge on any atom is -0.355 e. The summed E-state index contributed by atoms with van der Waals surface area (Å²) < 4.78 is 0. The number of amides is 2. The molecule has 0 saturated carbocycles. The number of likely N-dealkylation sites (tertiary alicyclic amines) is 1. The molecule has 0 spiro atoms. The Balaban J connectivity index is 1.62. The van der Waals surface area contributed by atoms with E-state index in [2.05, 4.69) is 22.3 Å². The fraction of sp³-hybridized carbons (Fsp3) is 0.556. The van der Waals surface area contributed by atoms with Gasteiger partial charge in [-0.25, -0.2) is 0 Å². The van der Waals surface area contributed by atoms with Crippen molar-refractivity contribution in [1.29, 1.82) is 0 Å². The van der Waals surface area contributed by atoms with Crippen molar-refractivity contribution in [2.75, 3.05) is 32.7 Å². The SMILES string of the molecule is O=C1C[C@H](c2ccccc2)N(CCCN2CCCC2=O)CCN1. The highest BCUT2D eigenvalue weighted by atomic mass is 16.2. The summed E-state index contributed by atoms with van der Waals surface area (Å²) >= 11 is 0. The van der Waals surface area contributed by atoms with Crippen molar-refractivity contribution < 1.29 is 9.59 Å². The van der Waals surface area contributed by atoms with Crippen LogP contribution in [-0.4, -0.2) is 54.3 Å². The van der Waals surface area contributed by atoms with Crippen LogP contribution in [0.2, 0.25) is 0 Å². The third-order valence-corrected chi connectivity index (χ3v) is 4.77. The zero-order valence-electron chi connectivity index (χ0n) is 13.5. The molecule has 2 saturated heterocycles. The van der Waals surface area contributed by atoms with E-state index in [1.807, 2.05) is 23.1 Å². The van der Waals surface area contributed by atoms with Gasteiger partial charge in [-0.1, -0.05) is 30.3 Å². The predicted molar refractivity (Wildman–Crippen MR) is 88.8 cm³/mol. The molecule has 0 unspecified atom stereocenters. The zero-order valence-corrected chi connectivity index (χ0v) is 13.5. The minimum absolute atomic E-state index is 0.121. The van der Waals surface area contributed by atoms with E-state index in [9.17, 15) is 9.59 Å². The lowest BCUT2D eigenvalue weighted by Gasteiger charge is -2.30. The highest BCUT2D eigenvalue weighted by Gasteiger charge is 2.26. The Labute approximate surface area is 137 Å². The lowest BCUT2D eigenvalue weighted by atomic mass is 10.0. The molecule has 0 aromatic heterocycles. The number of hydrogen-bond acceptors (Lipinski definition) is 3. The van der Waals surface area contributed by atoms with Gasteiger partial charge in [-0.3, -0.25) is 14.5 Å². The van der Waals surface area contributed by atoms with Gasteiger partial charge in [0.15, 0.2) is 0 Å². The first kappa shape index (κ1) is 16.0. The molecule has 2 fully saturated rings. The molecular formula is C18H25N3O2. The van der Waals surface area contributed by atoms with Crippen molar-refractivity contribution in [2.45, 2.75) is 31.7 Å². The highest BCUT2D eigenvalue weighted by Crippen LogP contribution is 2.25. The molecule has 5 heteroatoms. The maximum absolute atomic E-state index is 11.9. The van der Waals surface area contributed by atoms with E-state index in [0.717, 1.165) is 39.0 Å². The number of carbonyl (C=O) groups excluding carboxylic acids is 2. The summed E-state index contributed by atoms with van der Waals surface area (Å²) in [5.74, 6) is 0.411. The van der Waals surface area contributed by atoms with E-state index in [0.29, 0.717) is 19.4 Å². The number of nitrogens with one attached hydrogen (secondary N) is 1. The van der Waals surface area contributed by atoms with Crippen LogP contribution in [0.25, 0.3) is 0 Å². The first-order valence-electron chi connectivity index (χ1n) is 8.57. The van der Waals surface area contributed by atoms with Gasteiger partial charge in [0.25, 0.3) is 0 Å². The van der Waals surface area contributed by atoms with Gasteiger partial charge in [-0.2, -0.15) is 0 Å². The average molecular weight is 315 g/mol. The molecule has 2 aliphatic heterocycles. The lowest BCUT2D eigenvalue weighted by Crippen LogP contribution is -2.34. The average Bonchev–Trinajstić information content (AvgIpc) is 2.87. The Morgan fingerprint density at radius 2 is 1.91 bits per heavy atom. The fourth-order valence-electron chi connectivity index (χ4n) is 3.55. The summed E-state index contributed by atoms with van der Waals surface area (Å²) in [6.45, 7) is 4.21. The van der Waals surface area contributed by atoms with Crippen molar-refractivity contribution in [2.24, 2.45) is 0 Å². The molecule has 1 aromatic rings. The Hall–Kier alpha value is -1.88. The number of rotatable bonds is 5. The van der Waals surface area contributed by atoms with Gasteiger partial charge in [0, 0.05) is 51.6 Å². The summed E-state index contributed by atoms with van der Waals surface area (Å²) in [5.41, 5.74) is 1.20. The molecule has 2 amide bonds. The monoisotopic (exact) mass is 315 g/mol. The maximum atomic E-state index is 11.9. The quantitative estimate of drug-likeness (QED) is 0.897.